The van der Waals surface area contributed by atoms with Crippen LogP contribution in [0.25, 0.3) is 5.57 Å². The van der Waals surface area contributed by atoms with Gasteiger partial charge in [-0.2, -0.15) is 0 Å². The van der Waals surface area contributed by atoms with Crippen LogP contribution in [0.15, 0.2) is 18.2 Å². The number of carbonyl (C=O) groups excluding carboxylic acids is 1. The summed E-state index contributed by atoms with van der Waals surface area (Å²) >= 11 is 1.46. The van der Waals surface area contributed by atoms with E-state index in [4.69, 9.17) is 14.2 Å². The van der Waals surface area contributed by atoms with Crippen molar-refractivity contribution in [3.05, 3.63) is 23.8 Å². The molecule has 0 spiro atoms. The molecule has 7 nitrogen and oxygen atoms in total. The highest BCUT2D eigenvalue weighted by molar-refractivity contribution is 8.02. The minimum absolute atomic E-state index is 0.0349. The molecule has 0 N–H and O–H groups in total. The second-order valence-electron chi connectivity index (χ2n) is 7.06. The molecule has 1 aromatic rings. The number of hydrogen-bond donors (Lipinski definition) is 0. The standard InChI is InChI=1S/C20H27NO6S2/c1-25-15-10-17(26-2)20(18(11-15)27-3)14-4-7-21(8-5-14)19(22)12-28-16-6-9-29(23,24)13-16/h4,10-11,16H,5-9,12-13H2,1-3H3. The maximum atomic E-state index is 12.5. The Labute approximate surface area is 176 Å². The van der Waals surface area contributed by atoms with E-state index in [9.17, 15) is 13.2 Å². The van der Waals surface area contributed by atoms with E-state index >= 15 is 0 Å². The Kier molecular flexibility index (Phi) is 7.00. The second-order valence-corrected chi connectivity index (χ2v) is 10.6. The van der Waals surface area contributed by atoms with Crippen molar-refractivity contribution < 1.29 is 27.4 Å². The normalized spacial score (nSPS) is 20.9. The molecule has 3 rings (SSSR count). The van der Waals surface area contributed by atoms with Crippen molar-refractivity contribution in [2.75, 3.05) is 51.7 Å². The lowest BCUT2D eigenvalue weighted by atomic mass is 9.97. The first-order valence-electron chi connectivity index (χ1n) is 9.46. The highest BCUT2D eigenvalue weighted by Crippen LogP contribution is 2.40. The third-order valence-electron chi connectivity index (χ3n) is 5.23. The van der Waals surface area contributed by atoms with Crippen LogP contribution in [0.5, 0.6) is 17.2 Å². The molecule has 1 saturated heterocycles. The van der Waals surface area contributed by atoms with Crippen molar-refractivity contribution in [1.29, 1.82) is 0 Å². The molecule has 1 fully saturated rings. The molecular formula is C20H27NO6S2. The number of carbonyl (C=O) groups is 1. The fourth-order valence-electron chi connectivity index (χ4n) is 3.62. The van der Waals surface area contributed by atoms with E-state index in [1.165, 1.54) is 11.8 Å². The highest BCUT2D eigenvalue weighted by atomic mass is 32.2. The topological polar surface area (TPSA) is 82.1 Å². The maximum absolute atomic E-state index is 12.5. The summed E-state index contributed by atoms with van der Waals surface area (Å²) in [6, 6.07) is 3.64. The summed E-state index contributed by atoms with van der Waals surface area (Å²) in [6.45, 7) is 1.11. The molecule has 2 aliphatic heterocycles. The molecule has 0 bridgehead atoms. The van der Waals surface area contributed by atoms with Crippen LogP contribution in [0.1, 0.15) is 18.4 Å². The molecule has 160 valence electrons. The molecule has 29 heavy (non-hydrogen) atoms. The van der Waals surface area contributed by atoms with Crippen LogP contribution in [-0.4, -0.2) is 76.2 Å². The molecule has 2 heterocycles. The van der Waals surface area contributed by atoms with E-state index in [-0.39, 0.29) is 22.7 Å². The van der Waals surface area contributed by atoms with Gasteiger partial charge in [-0.25, -0.2) is 8.42 Å². The molecule has 1 amide bonds. The summed E-state index contributed by atoms with van der Waals surface area (Å²) in [4.78, 5) is 14.4. The summed E-state index contributed by atoms with van der Waals surface area (Å²) in [6.07, 6.45) is 3.35. The van der Waals surface area contributed by atoms with Gasteiger partial charge in [0, 0.05) is 30.5 Å². The Balaban J connectivity index is 1.65. The lowest BCUT2D eigenvalue weighted by Gasteiger charge is -2.28. The zero-order valence-corrected chi connectivity index (χ0v) is 18.6. The number of amides is 1. The van der Waals surface area contributed by atoms with Gasteiger partial charge in [0.05, 0.1) is 44.2 Å². The lowest BCUT2D eigenvalue weighted by Crippen LogP contribution is -2.36. The van der Waals surface area contributed by atoms with Crippen molar-refractivity contribution in [1.82, 2.24) is 4.90 Å². The summed E-state index contributed by atoms with van der Waals surface area (Å²) in [5, 5.41) is 0.0349. The van der Waals surface area contributed by atoms with Gasteiger partial charge in [-0.05, 0) is 18.4 Å². The molecule has 0 aliphatic carbocycles. The monoisotopic (exact) mass is 441 g/mol. The van der Waals surface area contributed by atoms with Crippen LogP contribution in [0.2, 0.25) is 0 Å². The molecule has 2 aliphatic rings. The molecule has 9 heteroatoms. The molecule has 0 aromatic heterocycles. The van der Waals surface area contributed by atoms with E-state index in [0.717, 1.165) is 11.1 Å². The van der Waals surface area contributed by atoms with Crippen LogP contribution in [0, 0.1) is 0 Å². The third kappa shape index (κ3) is 5.19. The molecular weight excluding hydrogens is 414 g/mol. The minimum atomic E-state index is -2.91. The Bertz CT molecular complexity index is 871. The van der Waals surface area contributed by atoms with Gasteiger partial charge in [-0.15, -0.1) is 11.8 Å². The Morgan fingerprint density at radius 3 is 2.34 bits per heavy atom. The fourth-order valence-corrected chi connectivity index (χ4v) is 7.16. The van der Waals surface area contributed by atoms with Crippen LogP contribution >= 0.6 is 11.8 Å². The van der Waals surface area contributed by atoms with Crippen molar-refractivity contribution in [2.45, 2.75) is 18.1 Å². The number of rotatable bonds is 7. The number of thioether (sulfide) groups is 1. The van der Waals surface area contributed by atoms with E-state index < -0.39 is 9.84 Å². The van der Waals surface area contributed by atoms with Gasteiger partial charge in [-0.3, -0.25) is 4.79 Å². The molecule has 1 unspecified atom stereocenters. The largest absolute Gasteiger partial charge is 0.496 e. The number of nitrogens with zero attached hydrogens (tertiary/aromatic N) is 1. The highest BCUT2D eigenvalue weighted by Gasteiger charge is 2.29. The Hall–Kier alpha value is -1.87. The van der Waals surface area contributed by atoms with Gasteiger partial charge in [0.2, 0.25) is 5.91 Å². The number of ether oxygens (including phenoxy) is 3. The van der Waals surface area contributed by atoms with Crippen LogP contribution in [0.3, 0.4) is 0 Å². The van der Waals surface area contributed by atoms with Crippen molar-refractivity contribution in [3.63, 3.8) is 0 Å². The molecule has 0 radical (unpaired) electrons. The SMILES string of the molecule is COc1cc(OC)c(C2=CCN(C(=O)CSC3CCS(=O)(=O)C3)CC2)c(OC)c1. The van der Waals surface area contributed by atoms with Gasteiger partial charge < -0.3 is 19.1 Å². The van der Waals surface area contributed by atoms with Crippen LogP contribution in [-0.2, 0) is 14.6 Å². The van der Waals surface area contributed by atoms with Crippen molar-refractivity contribution in [3.8, 4) is 17.2 Å². The van der Waals surface area contributed by atoms with Crippen molar-refractivity contribution in [2.24, 2.45) is 0 Å². The van der Waals surface area contributed by atoms with E-state index in [1.807, 2.05) is 23.1 Å². The average Bonchev–Trinajstić information content (AvgIpc) is 3.09. The van der Waals surface area contributed by atoms with Crippen molar-refractivity contribution >= 4 is 33.1 Å². The van der Waals surface area contributed by atoms with Crippen LogP contribution in [0.4, 0.5) is 0 Å². The Morgan fingerprint density at radius 1 is 1.17 bits per heavy atom. The maximum Gasteiger partial charge on any atom is 0.232 e. The number of methoxy groups -OCH3 is 3. The van der Waals surface area contributed by atoms with Gasteiger partial charge in [0.1, 0.15) is 17.2 Å². The number of benzene rings is 1. The summed E-state index contributed by atoms with van der Waals surface area (Å²) in [5.74, 6) is 2.78. The van der Waals surface area contributed by atoms with E-state index in [1.54, 1.807) is 21.3 Å². The van der Waals surface area contributed by atoms with E-state index in [2.05, 4.69) is 0 Å². The minimum Gasteiger partial charge on any atom is -0.496 e. The average molecular weight is 442 g/mol. The van der Waals surface area contributed by atoms with Gasteiger partial charge >= 0.3 is 0 Å². The second kappa shape index (κ2) is 9.30. The van der Waals surface area contributed by atoms with E-state index in [0.29, 0.717) is 48.9 Å². The number of sulfone groups is 1. The first kappa shape index (κ1) is 21.8. The quantitative estimate of drug-likeness (QED) is 0.642. The predicted octanol–water partition coefficient (Wildman–Crippen LogP) is 2.25. The van der Waals surface area contributed by atoms with Gasteiger partial charge in [0.15, 0.2) is 9.84 Å². The fraction of sp³-hybridized carbons (Fsp3) is 0.550. The summed E-state index contributed by atoms with van der Waals surface area (Å²) in [7, 11) is 1.90. The van der Waals surface area contributed by atoms with Gasteiger partial charge in [0.25, 0.3) is 0 Å². The van der Waals surface area contributed by atoms with Gasteiger partial charge in [-0.1, -0.05) is 6.08 Å². The Morgan fingerprint density at radius 2 is 1.86 bits per heavy atom. The number of hydrogen-bond acceptors (Lipinski definition) is 7. The predicted molar refractivity (Wildman–Crippen MR) is 115 cm³/mol. The molecule has 1 atom stereocenters. The lowest BCUT2D eigenvalue weighted by molar-refractivity contribution is -0.127. The first-order chi connectivity index (χ1) is 13.9. The third-order valence-corrected chi connectivity index (χ3v) is 8.50. The van der Waals surface area contributed by atoms with Crippen LogP contribution < -0.4 is 14.2 Å². The zero-order chi connectivity index (χ0) is 21.0. The molecule has 1 aromatic carbocycles. The smallest absolute Gasteiger partial charge is 0.232 e. The first-order valence-corrected chi connectivity index (χ1v) is 12.3. The summed E-state index contributed by atoms with van der Waals surface area (Å²) < 4.78 is 39.5. The zero-order valence-electron chi connectivity index (χ0n) is 17.0. The summed E-state index contributed by atoms with van der Waals surface area (Å²) in [5.41, 5.74) is 1.95. The molecule has 0 saturated carbocycles.